The van der Waals surface area contributed by atoms with Crippen molar-refractivity contribution in [1.82, 2.24) is 19.9 Å². The van der Waals surface area contributed by atoms with Gasteiger partial charge in [-0.1, -0.05) is 65.5 Å². The molecule has 4 aromatic heterocycles. The Morgan fingerprint density at radius 2 is 1.10 bits per heavy atom. The van der Waals surface area contributed by atoms with E-state index in [1.807, 2.05) is 54.9 Å². The minimum Gasteiger partial charge on any atom is -0.255 e. The zero-order valence-electron chi connectivity index (χ0n) is 29.2. The van der Waals surface area contributed by atoms with Crippen LogP contribution in [-0.2, 0) is 0 Å². The first-order valence-corrected chi connectivity index (χ1v) is 19.0. The van der Waals surface area contributed by atoms with Gasteiger partial charge in [0.25, 0.3) is 0 Å². The average molecular weight is 657 g/mol. The maximum Gasteiger partial charge on any atom is 0.0893 e. The molecule has 0 N–H and O–H groups in total. The zero-order chi connectivity index (χ0) is 34.3. The van der Waals surface area contributed by atoms with Crippen LogP contribution in [0.3, 0.4) is 0 Å². The Labute approximate surface area is 291 Å². The van der Waals surface area contributed by atoms with E-state index in [0.29, 0.717) is 0 Å². The van der Waals surface area contributed by atoms with Gasteiger partial charge < -0.3 is 0 Å². The predicted octanol–water partition coefficient (Wildman–Crippen LogP) is 10.6. The molecule has 5 aromatic rings. The number of hydrogen-bond acceptors (Lipinski definition) is 4. The van der Waals surface area contributed by atoms with Crippen LogP contribution in [0.25, 0.3) is 38.2 Å². The van der Waals surface area contributed by atoms with Gasteiger partial charge in [0.2, 0.25) is 0 Å². The summed E-state index contributed by atoms with van der Waals surface area (Å²) in [5.74, 6) is 7.18. The molecule has 0 atom stereocenters. The third-order valence-corrected chi connectivity index (χ3v) is 12.0. The SMILES string of the molecule is CC1=CC(C)=C(C2=C(c3cccc(-c4ccccn4)n3)S(C)(C)C(c3cccc(-c4ccccn4)n3)=C2c2c(C)cc(C)cc2C)C#CC1. The van der Waals surface area contributed by atoms with Crippen molar-refractivity contribution in [1.29, 1.82) is 0 Å². The molecule has 5 heterocycles. The Kier molecular flexibility index (Phi) is 8.52. The van der Waals surface area contributed by atoms with Gasteiger partial charge in [-0.25, -0.2) is 9.97 Å². The maximum atomic E-state index is 5.38. The Bertz CT molecular complexity index is 2290. The van der Waals surface area contributed by atoms with E-state index in [2.05, 4.69) is 117 Å². The van der Waals surface area contributed by atoms with E-state index in [4.69, 9.17) is 9.97 Å². The van der Waals surface area contributed by atoms with E-state index in [1.54, 1.807) is 0 Å². The molecule has 0 bridgehead atoms. The summed E-state index contributed by atoms with van der Waals surface area (Å²) in [7, 11) is -1.75. The highest BCUT2D eigenvalue weighted by Crippen LogP contribution is 2.73. The summed E-state index contributed by atoms with van der Waals surface area (Å²) in [5.41, 5.74) is 16.1. The molecule has 1 aromatic carbocycles. The summed E-state index contributed by atoms with van der Waals surface area (Å²) in [6, 6.07) is 29.2. The zero-order valence-corrected chi connectivity index (χ0v) is 30.0. The van der Waals surface area contributed by atoms with Crippen LogP contribution < -0.4 is 0 Å². The van der Waals surface area contributed by atoms with E-state index < -0.39 is 10.0 Å². The Hall–Kier alpha value is -5.31. The highest BCUT2D eigenvalue weighted by Gasteiger charge is 2.42. The standard InChI is InChI=1S/C44H40N4S/c1-28-15-12-16-33(30(3)25-28)41-42(40-31(4)26-29(2)27-32(40)5)44(39-22-14-20-37(48-39)35-18-9-11-24-46-35)49(6,7)43(41)38-21-13-19-36(47-38)34-17-8-10-23-45-34/h8-11,13-14,17-27H,15H2,1-7H3. The highest BCUT2D eigenvalue weighted by atomic mass is 32.3. The van der Waals surface area contributed by atoms with Crippen molar-refractivity contribution in [3.05, 3.63) is 159 Å². The smallest absolute Gasteiger partial charge is 0.0893 e. The number of hydrogen-bond donors (Lipinski definition) is 0. The second-order valence-electron chi connectivity index (χ2n) is 13.3. The van der Waals surface area contributed by atoms with Crippen molar-refractivity contribution in [2.45, 2.75) is 41.0 Å². The minimum atomic E-state index is -1.75. The number of benzene rings is 1. The summed E-state index contributed by atoms with van der Waals surface area (Å²) in [6.45, 7) is 11.0. The van der Waals surface area contributed by atoms with Gasteiger partial charge in [0, 0.05) is 45.3 Å². The van der Waals surface area contributed by atoms with Crippen molar-refractivity contribution in [2.75, 3.05) is 12.5 Å². The van der Waals surface area contributed by atoms with Gasteiger partial charge in [0.05, 0.1) is 34.2 Å². The molecular weight excluding hydrogens is 617 g/mol. The van der Waals surface area contributed by atoms with Crippen LogP contribution in [0, 0.1) is 32.6 Å². The van der Waals surface area contributed by atoms with Gasteiger partial charge in [-0.2, -0.15) is 10.0 Å². The van der Waals surface area contributed by atoms with Crippen LogP contribution in [0.1, 0.15) is 53.9 Å². The molecule has 0 saturated heterocycles. The molecule has 2 aliphatic rings. The van der Waals surface area contributed by atoms with Gasteiger partial charge in [-0.05, 0) is 118 Å². The van der Waals surface area contributed by atoms with Crippen LogP contribution in [-0.4, -0.2) is 32.4 Å². The molecule has 1 aliphatic heterocycles. The van der Waals surface area contributed by atoms with E-state index in [-0.39, 0.29) is 0 Å². The lowest BCUT2D eigenvalue weighted by atomic mass is 9.84. The fraction of sp³-hybridized carbons (Fsp3) is 0.182. The number of allylic oxidation sites excluding steroid dienone is 6. The Morgan fingerprint density at radius 1 is 0.592 bits per heavy atom. The predicted molar refractivity (Wildman–Crippen MR) is 208 cm³/mol. The van der Waals surface area contributed by atoms with Crippen LogP contribution in [0.4, 0.5) is 0 Å². The summed E-state index contributed by atoms with van der Waals surface area (Å²) >= 11 is 0. The topological polar surface area (TPSA) is 51.6 Å². The normalized spacial score (nSPS) is 16.3. The molecule has 49 heavy (non-hydrogen) atoms. The second-order valence-corrected chi connectivity index (χ2v) is 16.8. The Morgan fingerprint density at radius 3 is 1.63 bits per heavy atom. The molecular formula is C44H40N4S. The molecule has 0 spiro atoms. The summed E-state index contributed by atoms with van der Waals surface area (Å²) in [4.78, 5) is 22.5. The number of rotatable bonds is 6. The van der Waals surface area contributed by atoms with Gasteiger partial charge in [-0.15, -0.1) is 0 Å². The molecule has 0 radical (unpaired) electrons. The number of aromatic nitrogens is 4. The van der Waals surface area contributed by atoms with Crippen molar-refractivity contribution in [2.24, 2.45) is 0 Å². The fourth-order valence-electron chi connectivity index (χ4n) is 7.23. The molecule has 0 fully saturated rings. The number of pyridine rings is 4. The average Bonchev–Trinajstić information content (AvgIpc) is 3.19. The van der Waals surface area contributed by atoms with E-state index in [1.165, 1.54) is 48.8 Å². The molecule has 0 saturated carbocycles. The van der Waals surface area contributed by atoms with E-state index in [9.17, 15) is 0 Å². The molecule has 7 rings (SSSR count). The molecule has 4 nitrogen and oxygen atoms in total. The van der Waals surface area contributed by atoms with Gasteiger partial charge in [0.15, 0.2) is 0 Å². The Balaban J connectivity index is 1.62. The van der Waals surface area contributed by atoms with Gasteiger partial charge >= 0.3 is 0 Å². The first-order valence-electron chi connectivity index (χ1n) is 16.6. The van der Waals surface area contributed by atoms with Crippen molar-refractivity contribution in [3.8, 4) is 34.6 Å². The van der Waals surface area contributed by atoms with Crippen molar-refractivity contribution < 1.29 is 0 Å². The van der Waals surface area contributed by atoms with E-state index in [0.717, 1.165) is 51.7 Å². The number of aryl methyl sites for hydroxylation is 3. The first-order chi connectivity index (χ1) is 23.6. The minimum absolute atomic E-state index is 0.745. The largest absolute Gasteiger partial charge is 0.255 e. The van der Waals surface area contributed by atoms with Gasteiger partial charge in [0.1, 0.15) is 0 Å². The maximum absolute atomic E-state index is 5.38. The second kappa shape index (κ2) is 13.0. The monoisotopic (exact) mass is 656 g/mol. The number of nitrogens with zero attached hydrogens (tertiary/aromatic N) is 4. The quantitative estimate of drug-likeness (QED) is 0.171. The molecule has 1 aliphatic carbocycles. The lowest BCUT2D eigenvalue weighted by Crippen LogP contribution is -2.04. The third-order valence-electron chi connectivity index (χ3n) is 9.16. The third kappa shape index (κ3) is 5.98. The highest BCUT2D eigenvalue weighted by molar-refractivity contribution is 8.47. The molecule has 0 unspecified atom stereocenters. The first kappa shape index (κ1) is 32.2. The lowest BCUT2D eigenvalue weighted by molar-refractivity contribution is 1.23. The molecule has 5 heteroatoms. The van der Waals surface area contributed by atoms with Crippen LogP contribution in [0.2, 0.25) is 0 Å². The summed E-state index contributed by atoms with van der Waals surface area (Å²) < 4.78 is 0. The molecule has 242 valence electrons. The van der Waals surface area contributed by atoms with Crippen LogP contribution >= 0.6 is 10.0 Å². The fourth-order valence-corrected chi connectivity index (χ4v) is 10.1. The summed E-state index contributed by atoms with van der Waals surface area (Å²) in [6.07, 6.45) is 11.5. The molecule has 0 amide bonds. The van der Waals surface area contributed by atoms with Crippen LogP contribution in [0.5, 0.6) is 0 Å². The van der Waals surface area contributed by atoms with Crippen LogP contribution in [0.15, 0.2) is 126 Å². The van der Waals surface area contributed by atoms with Gasteiger partial charge in [-0.3, -0.25) is 9.97 Å². The summed E-state index contributed by atoms with van der Waals surface area (Å²) in [5, 5.41) is 0. The lowest BCUT2D eigenvalue weighted by Gasteiger charge is -2.33. The van der Waals surface area contributed by atoms with Crippen molar-refractivity contribution >= 4 is 25.4 Å². The van der Waals surface area contributed by atoms with E-state index >= 15 is 0 Å². The van der Waals surface area contributed by atoms with Crippen molar-refractivity contribution in [3.63, 3.8) is 0 Å².